The molecule has 4 aliphatic rings. The molecule has 0 aromatic rings. The van der Waals surface area contributed by atoms with Crippen LogP contribution in [0.4, 0.5) is 0 Å². The minimum Gasteiger partial charge on any atom is -0.384 e. The molecule has 1 N–H and O–H groups in total. The Kier molecular flexibility index (Phi) is 2.14. The Morgan fingerprint density at radius 2 is 2.07 bits per heavy atom. The molecule has 3 nitrogen and oxygen atoms in total. The van der Waals surface area contributed by atoms with E-state index in [4.69, 9.17) is 4.74 Å². The summed E-state index contributed by atoms with van der Waals surface area (Å²) in [4.78, 5) is 0. The molecule has 6 atom stereocenters. The number of aliphatic hydroxyl groups excluding tert-OH is 1. The number of ether oxygens (including phenoxy) is 1. The van der Waals surface area contributed by atoms with Crippen molar-refractivity contribution in [3.63, 3.8) is 0 Å². The fourth-order valence-corrected chi connectivity index (χ4v) is 4.10. The van der Waals surface area contributed by atoms with Crippen molar-refractivity contribution in [2.75, 3.05) is 13.6 Å². The molecule has 0 aliphatic carbocycles. The number of rotatable bonds is 3. The quantitative estimate of drug-likeness (QED) is 0.705. The van der Waals surface area contributed by atoms with Gasteiger partial charge >= 0.3 is 0 Å². The fraction of sp³-hybridized carbons (Fsp3) is 1.00. The van der Waals surface area contributed by atoms with Gasteiger partial charge in [-0.05, 0) is 6.42 Å². The first-order chi connectivity index (χ1) is 7.16. The van der Waals surface area contributed by atoms with E-state index in [0.717, 1.165) is 10.9 Å². The van der Waals surface area contributed by atoms with Crippen molar-refractivity contribution in [3.8, 4) is 0 Å². The van der Waals surface area contributed by atoms with Crippen LogP contribution >= 0.6 is 0 Å². The lowest BCUT2D eigenvalue weighted by Crippen LogP contribution is -2.59. The predicted molar refractivity (Wildman–Crippen MR) is 57.4 cm³/mol. The van der Waals surface area contributed by atoms with Gasteiger partial charge in [0.15, 0.2) is 0 Å². The van der Waals surface area contributed by atoms with Gasteiger partial charge in [0.05, 0.1) is 19.7 Å². The third-order valence-corrected chi connectivity index (χ3v) is 4.98. The van der Waals surface area contributed by atoms with Gasteiger partial charge in [-0.15, -0.1) is 0 Å². The second-order valence-corrected chi connectivity index (χ2v) is 5.74. The van der Waals surface area contributed by atoms with Crippen LogP contribution in [0, 0.1) is 0 Å². The van der Waals surface area contributed by atoms with Crippen LogP contribution in [0.15, 0.2) is 0 Å². The number of piperidine rings is 1. The van der Waals surface area contributed by atoms with Gasteiger partial charge in [0.25, 0.3) is 0 Å². The zero-order chi connectivity index (χ0) is 10.6. The number of unbranched alkanes of at least 4 members (excludes halogenated alkanes) is 1. The van der Waals surface area contributed by atoms with Gasteiger partial charge in [0, 0.05) is 12.8 Å². The average Bonchev–Trinajstić information content (AvgIpc) is 2.63. The van der Waals surface area contributed by atoms with Crippen LogP contribution in [0.5, 0.6) is 0 Å². The second kappa shape index (κ2) is 3.19. The first kappa shape index (κ1) is 10.1. The smallest absolute Gasteiger partial charge is 0.141 e. The van der Waals surface area contributed by atoms with E-state index in [1.807, 2.05) is 0 Å². The van der Waals surface area contributed by atoms with Crippen molar-refractivity contribution in [2.45, 2.75) is 63.0 Å². The third-order valence-electron chi connectivity index (χ3n) is 4.98. The summed E-state index contributed by atoms with van der Waals surface area (Å²) in [5.41, 5.74) is 0. The molecule has 4 saturated heterocycles. The Balaban J connectivity index is 1.85. The average molecular weight is 212 g/mol. The molecule has 4 heterocycles. The highest BCUT2D eigenvalue weighted by Gasteiger charge is 2.67. The number of aliphatic hydroxyl groups is 1. The lowest BCUT2D eigenvalue weighted by Gasteiger charge is -2.44. The molecule has 3 heteroatoms. The van der Waals surface area contributed by atoms with Crippen LogP contribution < -0.4 is 0 Å². The van der Waals surface area contributed by atoms with Crippen molar-refractivity contribution < 1.29 is 14.3 Å². The monoisotopic (exact) mass is 212 g/mol. The van der Waals surface area contributed by atoms with Crippen LogP contribution in [0.3, 0.4) is 0 Å². The molecule has 0 amide bonds. The molecular formula is C12H22NO2+. The van der Waals surface area contributed by atoms with E-state index < -0.39 is 0 Å². The number of hydrogen-bond acceptors (Lipinski definition) is 2. The highest BCUT2D eigenvalue weighted by atomic mass is 16.5. The lowest BCUT2D eigenvalue weighted by molar-refractivity contribution is -0.948. The van der Waals surface area contributed by atoms with E-state index in [2.05, 4.69) is 14.0 Å². The van der Waals surface area contributed by atoms with Gasteiger partial charge < -0.3 is 14.3 Å². The van der Waals surface area contributed by atoms with Crippen LogP contribution in [-0.4, -0.2) is 53.6 Å². The normalized spacial score (nSPS) is 56.6. The Morgan fingerprint density at radius 1 is 1.33 bits per heavy atom. The second-order valence-electron chi connectivity index (χ2n) is 5.74. The van der Waals surface area contributed by atoms with E-state index in [9.17, 15) is 5.11 Å². The maximum absolute atomic E-state index is 10.2. The maximum atomic E-state index is 10.2. The van der Waals surface area contributed by atoms with Crippen LogP contribution in [0.2, 0.25) is 0 Å². The molecule has 0 spiro atoms. The SMILES string of the molecule is CCCC[N+]1(C)[C@@H]2C[C@@H]3C[C@H]1[C@@H](O3)[C@@H]2O. The van der Waals surface area contributed by atoms with Gasteiger partial charge in [0.1, 0.15) is 24.3 Å². The van der Waals surface area contributed by atoms with E-state index in [1.165, 1.54) is 25.8 Å². The Hall–Kier alpha value is -0.120. The molecule has 1 unspecified atom stereocenters. The summed E-state index contributed by atoms with van der Waals surface area (Å²) in [6, 6.07) is 1.04. The summed E-state index contributed by atoms with van der Waals surface area (Å²) in [6.45, 7) is 3.46. The molecule has 86 valence electrons. The summed E-state index contributed by atoms with van der Waals surface area (Å²) in [7, 11) is 2.33. The minimum atomic E-state index is -0.199. The number of hydrogen-bond donors (Lipinski definition) is 1. The van der Waals surface area contributed by atoms with Gasteiger partial charge in [-0.2, -0.15) is 0 Å². The Bertz CT molecular complexity index is 266. The van der Waals surface area contributed by atoms with E-state index >= 15 is 0 Å². The first-order valence-corrected chi connectivity index (χ1v) is 6.35. The summed E-state index contributed by atoms with van der Waals surface area (Å²) < 4.78 is 6.95. The van der Waals surface area contributed by atoms with Crippen LogP contribution in [0.1, 0.15) is 32.6 Å². The third kappa shape index (κ3) is 1.17. The van der Waals surface area contributed by atoms with Gasteiger partial charge in [-0.1, -0.05) is 13.3 Å². The van der Waals surface area contributed by atoms with Crippen molar-refractivity contribution in [1.82, 2.24) is 0 Å². The highest BCUT2D eigenvalue weighted by Crippen LogP contribution is 2.49. The summed E-state index contributed by atoms with van der Waals surface area (Å²) in [5.74, 6) is 0. The highest BCUT2D eigenvalue weighted by molar-refractivity contribution is 5.04. The number of nitrogens with zero attached hydrogens (tertiary/aromatic N) is 1. The van der Waals surface area contributed by atoms with Gasteiger partial charge in [0.2, 0.25) is 0 Å². The lowest BCUT2D eigenvalue weighted by atomic mass is 9.96. The Morgan fingerprint density at radius 3 is 2.73 bits per heavy atom. The molecule has 0 aromatic carbocycles. The molecule has 4 bridgehead atoms. The van der Waals surface area contributed by atoms with E-state index in [-0.39, 0.29) is 12.2 Å². The van der Waals surface area contributed by atoms with Crippen molar-refractivity contribution in [1.29, 1.82) is 0 Å². The fourth-order valence-electron chi connectivity index (χ4n) is 4.10. The van der Waals surface area contributed by atoms with E-state index in [1.54, 1.807) is 0 Å². The van der Waals surface area contributed by atoms with Gasteiger partial charge in [-0.25, -0.2) is 0 Å². The Labute approximate surface area is 91.6 Å². The van der Waals surface area contributed by atoms with Crippen molar-refractivity contribution in [3.05, 3.63) is 0 Å². The zero-order valence-electron chi connectivity index (χ0n) is 9.72. The van der Waals surface area contributed by atoms with Gasteiger partial charge in [-0.3, -0.25) is 0 Å². The van der Waals surface area contributed by atoms with Crippen molar-refractivity contribution >= 4 is 0 Å². The van der Waals surface area contributed by atoms with Crippen LogP contribution in [0.25, 0.3) is 0 Å². The number of likely N-dealkylation sites (N-methyl/N-ethyl adjacent to an activating group) is 1. The van der Waals surface area contributed by atoms with E-state index in [0.29, 0.717) is 18.2 Å². The molecule has 0 saturated carbocycles. The first-order valence-electron chi connectivity index (χ1n) is 6.35. The molecular weight excluding hydrogens is 190 g/mol. The molecule has 4 fully saturated rings. The topological polar surface area (TPSA) is 29.5 Å². The summed E-state index contributed by atoms with van der Waals surface area (Å²) >= 11 is 0. The molecule has 4 rings (SSSR count). The number of quaternary nitrogens is 1. The molecule has 4 aliphatic heterocycles. The summed E-state index contributed by atoms with van der Waals surface area (Å²) in [6.07, 6.45) is 5.19. The van der Waals surface area contributed by atoms with Crippen LogP contribution in [-0.2, 0) is 4.74 Å². The standard InChI is InChI=1S/C12H22NO2/c1-3-4-5-13(2)9-6-8-7-10(13)12(15-8)11(9)14/h8-12,14H,3-7H2,1-2H3/q+1/t8-,9-,10+,11-,12-,13?/m1/s1. The van der Waals surface area contributed by atoms with Crippen molar-refractivity contribution in [2.24, 2.45) is 0 Å². The predicted octanol–water partition coefficient (Wildman–Crippen LogP) is 0.906. The maximum Gasteiger partial charge on any atom is 0.141 e. The molecule has 0 aromatic heterocycles. The zero-order valence-corrected chi connectivity index (χ0v) is 9.72. The molecule has 0 radical (unpaired) electrons. The summed E-state index contributed by atoms with van der Waals surface area (Å²) in [5, 5.41) is 10.2. The minimum absolute atomic E-state index is 0.149. The largest absolute Gasteiger partial charge is 0.384 e. The molecule has 15 heavy (non-hydrogen) atoms.